The first-order valence-electron chi connectivity index (χ1n) is 7.10. The molecule has 0 aromatic heterocycles. The number of thiocarbonyl (C=S) groups is 1. The third-order valence-corrected chi connectivity index (χ3v) is 3.72. The molecule has 0 saturated heterocycles. The van der Waals surface area contributed by atoms with Crippen molar-refractivity contribution in [3.05, 3.63) is 57.6 Å². The first kappa shape index (κ1) is 18.5. The van der Waals surface area contributed by atoms with Crippen molar-refractivity contribution in [1.82, 2.24) is 5.32 Å². The Morgan fingerprint density at radius 2 is 1.79 bits per heavy atom. The van der Waals surface area contributed by atoms with Crippen LogP contribution in [0.1, 0.15) is 11.1 Å². The summed E-state index contributed by atoms with van der Waals surface area (Å²) in [4.78, 5) is 11.9. The van der Waals surface area contributed by atoms with Gasteiger partial charge >= 0.3 is 0 Å². The topological polar surface area (TPSA) is 50.4 Å². The number of aryl methyl sites for hydroxylation is 2. The highest BCUT2D eigenvalue weighted by atomic mass is 35.5. The van der Waals surface area contributed by atoms with Gasteiger partial charge in [-0.1, -0.05) is 35.3 Å². The molecule has 0 spiro atoms. The quantitative estimate of drug-likeness (QED) is 0.764. The minimum absolute atomic E-state index is 0.136. The van der Waals surface area contributed by atoms with E-state index in [4.69, 9.17) is 40.2 Å². The molecule has 0 atom stereocenters. The molecule has 0 fully saturated rings. The summed E-state index contributed by atoms with van der Waals surface area (Å²) < 4.78 is 5.53. The van der Waals surface area contributed by atoms with E-state index in [2.05, 4.69) is 10.6 Å². The molecule has 2 N–H and O–H groups in total. The van der Waals surface area contributed by atoms with E-state index < -0.39 is 0 Å². The standard InChI is InChI=1S/C17H16Cl2N2O2S/c1-10-3-4-11(2)15(5-10)23-9-16(22)21-17(24)20-14-7-12(18)6-13(19)8-14/h3-8H,9H2,1-2H3,(H2,20,21,22,24). The summed E-state index contributed by atoms with van der Waals surface area (Å²) in [6, 6.07) is 10.7. The number of amides is 1. The third kappa shape index (κ3) is 5.67. The van der Waals surface area contributed by atoms with Gasteiger partial charge in [-0.15, -0.1) is 0 Å². The summed E-state index contributed by atoms with van der Waals surface area (Å²) in [6.45, 7) is 3.74. The highest BCUT2D eigenvalue weighted by molar-refractivity contribution is 7.80. The molecule has 2 aromatic carbocycles. The van der Waals surface area contributed by atoms with E-state index >= 15 is 0 Å². The lowest BCUT2D eigenvalue weighted by Crippen LogP contribution is -2.37. The molecule has 0 aliphatic carbocycles. The molecule has 0 unspecified atom stereocenters. The molecule has 126 valence electrons. The highest BCUT2D eigenvalue weighted by Crippen LogP contribution is 2.22. The number of nitrogens with one attached hydrogen (secondary N) is 2. The van der Waals surface area contributed by atoms with Gasteiger partial charge in [0.2, 0.25) is 0 Å². The highest BCUT2D eigenvalue weighted by Gasteiger charge is 2.08. The van der Waals surface area contributed by atoms with Gasteiger partial charge in [-0.05, 0) is 61.5 Å². The summed E-state index contributed by atoms with van der Waals surface area (Å²) in [5, 5.41) is 6.47. The minimum atomic E-state index is -0.360. The second kappa shape index (κ2) is 8.33. The second-order valence-corrected chi connectivity index (χ2v) is 6.50. The predicted molar refractivity (Wildman–Crippen MR) is 102 cm³/mol. The van der Waals surface area contributed by atoms with Gasteiger partial charge in [-0.25, -0.2) is 0 Å². The molecular formula is C17H16Cl2N2O2S. The van der Waals surface area contributed by atoms with E-state index in [-0.39, 0.29) is 17.6 Å². The monoisotopic (exact) mass is 382 g/mol. The lowest BCUT2D eigenvalue weighted by molar-refractivity contribution is -0.121. The molecule has 4 nitrogen and oxygen atoms in total. The van der Waals surface area contributed by atoms with Crippen LogP contribution in [-0.2, 0) is 4.79 Å². The van der Waals surface area contributed by atoms with E-state index in [1.807, 2.05) is 32.0 Å². The van der Waals surface area contributed by atoms with Gasteiger partial charge in [-0.2, -0.15) is 0 Å². The van der Waals surface area contributed by atoms with Gasteiger partial charge in [0, 0.05) is 15.7 Å². The fourth-order valence-corrected chi connectivity index (χ4v) is 2.71. The second-order valence-electron chi connectivity index (χ2n) is 5.22. The third-order valence-electron chi connectivity index (χ3n) is 3.08. The first-order valence-corrected chi connectivity index (χ1v) is 8.27. The van der Waals surface area contributed by atoms with Gasteiger partial charge in [0.25, 0.3) is 5.91 Å². The summed E-state index contributed by atoms with van der Waals surface area (Å²) in [6.07, 6.45) is 0. The lowest BCUT2D eigenvalue weighted by Gasteiger charge is -2.12. The molecule has 0 bridgehead atoms. The van der Waals surface area contributed by atoms with Crippen LogP contribution < -0.4 is 15.4 Å². The van der Waals surface area contributed by atoms with Gasteiger partial charge in [0.05, 0.1) is 0 Å². The average Bonchev–Trinajstić information content (AvgIpc) is 2.47. The van der Waals surface area contributed by atoms with Gasteiger partial charge < -0.3 is 10.1 Å². The summed E-state index contributed by atoms with van der Waals surface area (Å²) in [5.74, 6) is 0.312. The Hall–Kier alpha value is -1.82. The Kier molecular flexibility index (Phi) is 6.43. The van der Waals surface area contributed by atoms with E-state index in [9.17, 15) is 4.79 Å². The van der Waals surface area contributed by atoms with Crippen molar-refractivity contribution in [3.63, 3.8) is 0 Å². The zero-order valence-corrected chi connectivity index (χ0v) is 15.5. The van der Waals surface area contributed by atoms with Crippen LogP contribution >= 0.6 is 35.4 Å². The van der Waals surface area contributed by atoms with Crippen molar-refractivity contribution in [2.24, 2.45) is 0 Å². The predicted octanol–water partition coefficient (Wildman–Crippen LogP) is 4.50. The Morgan fingerprint density at radius 1 is 1.12 bits per heavy atom. The molecule has 2 rings (SSSR count). The number of benzene rings is 2. The van der Waals surface area contributed by atoms with Crippen LogP contribution in [0, 0.1) is 13.8 Å². The van der Waals surface area contributed by atoms with Crippen molar-refractivity contribution in [2.75, 3.05) is 11.9 Å². The smallest absolute Gasteiger partial charge is 0.264 e. The van der Waals surface area contributed by atoms with Gasteiger partial charge in [0.1, 0.15) is 5.75 Å². The summed E-state index contributed by atoms with van der Waals surface area (Å²) in [7, 11) is 0. The Balaban J connectivity index is 1.87. The first-order chi connectivity index (χ1) is 11.3. The van der Waals surface area contributed by atoms with Crippen LogP contribution in [0.3, 0.4) is 0 Å². The molecule has 2 aromatic rings. The molecule has 1 amide bonds. The van der Waals surface area contributed by atoms with Crippen molar-refractivity contribution >= 4 is 52.1 Å². The van der Waals surface area contributed by atoms with Crippen molar-refractivity contribution < 1.29 is 9.53 Å². The maximum Gasteiger partial charge on any atom is 0.264 e. The number of ether oxygens (including phenoxy) is 1. The molecule has 24 heavy (non-hydrogen) atoms. The van der Waals surface area contributed by atoms with Crippen molar-refractivity contribution in [3.8, 4) is 5.75 Å². The fourth-order valence-electron chi connectivity index (χ4n) is 1.96. The molecule has 0 heterocycles. The average molecular weight is 383 g/mol. The SMILES string of the molecule is Cc1ccc(C)c(OCC(=O)NC(=S)Nc2cc(Cl)cc(Cl)c2)c1. The number of halogens is 2. The zero-order chi connectivity index (χ0) is 17.7. The molecular weight excluding hydrogens is 367 g/mol. The van der Waals surface area contributed by atoms with Gasteiger partial charge in [0.15, 0.2) is 11.7 Å². The minimum Gasteiger partial charge on any atom is -0.483 e. The number of anilines is 1. The van der Waals surface area contributed by atoms with E-state index in [1.165, 1.54) is 0 Å². The molecule has 7 heteroatoms. The normalized spacial score (nSPS) is 10.2. The summed E-state index contributed by atoms with van der Waals surface area (Å²) in [5.41, 5.74) is 2.61. The van der Waals surface area contributed by atoms with Crippen LogP contribution in [-0.4, -0.2) is 17.6 Å². The maximum absolute atomic E-state index is 11.9. The zero-order valence-electron chi connectivity index (χ0n) is 13.2. The van der Waals surface area contributed by atoms with Crippen LogP contribution in [0.2, 0.25) is 10.0 Å². The van der Waals surface area contributed by atoms with E-state index in [1.54, 1.807) is 18.2 Å². The van der Waals surface area contributed by atoms with E-state index in [0.717, 1.165) is 11.1 Å². The maximum atomic E-state index is 11.9. The Bertz CT molecular complexity index is 761. The molecule has 0 aliphatic rings. The summed E-state index contributed by atoms with van der Waals surface area (Å²) >= 11 is 16.9. The lowest BCUT2D eigenvalue weighted by atomic mass is 10.1. The fraction of sp³-hybridized carbons (Fsp3) is 0.176. The molecule has 0 radical (unpaired) electrons. The van der Waals surface area contributed by atoms with Crippen LogP contribution in [0.4, 0.5) is 5.69 Å². The largest absolute Gasteiger partial charge is 0.483 e. The number of carbonyl (C=O) groups is 1. The van der Waals surface area contributed by atoms with Crippen LogP contribution in [0.5, 0.6) is 5.75 Å². The van der Waals surface area contributed by atoms with Gasteiger partial charge in [-0.3, -0.25) is 10.1 Å². The number of hydrogen-bond donors (Lipinski definition) is 2. The Morgan fingerprint density at radius 3 is 2.46 bits per heavy atom. The van der Waals surface area contributed by atoms with Crippen molar-refractivity contribution in [1.29, 1.82) is 0 Å². The Labute approximate surface area is 156 Å². The van der Waals surface area contributed by atoms with Crippen LogP contribution in [0.25, 0.3) is 0 Å². The number of carbonyl (C=O) groups excluding carboxylic acids is 1. The molecule has 0 aliphatic heterocycles. The number of rotatable bonds is 4. The van der Waals surface area contributed by atoms with E-state index in [0.29, 0.717) is 21.5 Å². The molecule has 0 saturated carbocycles. The van der Waals surface area contributed by atoms with Crippen LogP contribution in [0.15, 0.2) is 36.4 Å². The number of hydrogen-bond acceptors (Lipinski definition) is 3. The van der Waals surface area contributed by atoms with Crippen molar-refractivity contribution in [2.45, 2.75) is 13.8 Å².